The fraction of sp³-hybridized carbons (Fsp3) is 0.409. The Morgan fingerprint density at radius 3 is 2.29 bits per heavy atom. The van der Waals surface area contributed by atoms with Gasteiger partial charge in [0.1, 0.15) is 6.54 Å². The van der Waals surface area contributed by atoms with Gasteiger partial charge in [-0.25, -0.2) is 8.42 Å². The lowest BCUT2D eigenvalue weighted by atomic mass is 10.1. The molecule has 0 atom stereocenters. The van der Waals surface area contributed by atoms with E-state index in [9.17, 15) is 13.2 Å². The van der Waals surface area contributed by atoms with E-state index >= 15 is 0 Å². The highest BCUT2D eigenvalue weighted by molar-refractivity contribution is 7.92. The van der Waals surface area contributed by atoms with Gasteiger partial charge in [0.05, 0.1) is 10.6 Å². The molecule has 0 aliphatic heterocycles. The molecule has 1 fully saturated rings. The first-order valence-corrected chi connectivity index (χ1v) is 11.2. The second-order valence-electron chi connectivity index (χ2n) is 7.49. The third kappa shape index (κ3) is 4.07. The summed E-state index contributed by atoms with van der Waals surface area (Å²) in [5, 5.41) is 0. The highest BCUT2D eigenvalue weighted by Gasteiger charge is 2.31. The van der Waals surface area contributed by atoms with E-state index in [0.29, 0.717) is 5.69 Å². The molecule has 1 saturated carbocycles. The van der Waals surface area contributed by atoms with E-state index < -0.39 is 10.0 Å². The SMILES string of the molecule is Cc1cccc(N(CC(=O)N(C)C2CCCC2)S(=O)(=O)c2ccccc2)c1C. The van der Waals surface area contributed by atoms with Crippen molar-refractivity contribution in [2.24, 2.45) is 0 Å². The summed E-state index contributed by atoms with van der Waals surface area (Å²) in [6.45, 7) is 3.64. The summed E-state index contributed by atoms with van der Waals surface area (Å²) in [5.74, 6) is -0.174. The van der Waals surface area contributed by atoms with E-state index in [0.717, 1.165) is 36.8 Å². The summed E-state index contributed by atoms with van der Waals surface area (Å²) in [7, 11) is -2.07. The molecule has 0 saturated heterocycles. The summed E-state index contributed by atoms with van der Waals surface area (Å²) in [4.78, 5) is 14.9. The summed E-state index contributed by atoms with van der Waals surface area (Å²) in [6, 6.07) is 14.0. The maximum Gasteiger partial charge on any atom is 0.264 e. The Balaban J connectivity index is 2.00. The minimum atomic E-state index is -3.86. The Bertz CT molecular complexity index is 936. The summed E-state index contributed by atoms with van der Waals surface area (Å²) in [5.41, 5.74) is 2.40. The molecule has 2 aromatic rings. The number of anilines is 1. The van der Waals surface area contributed by atoms with Crippen LogP contribution in [-0.2, 0) is 14.8 Å². The monoisotopic (exact) mass is 400 g/mol. The maximum atomic E-state index is 13.4. The number of benzene rings is 2. The molecule has 1 aliphatic rings. The van der Waals surface area contributed by atoms with Crippen molar-refractivity contribution < 1.29 is 13.2 Å². The molecular formula is C22H28N2O3S. The molecular weight excluding hydrogens is 372 g/mol. The van der Waals surface area contributed by atoms with Crippen molar-refractivity contribution in [1.29, 1.82) is 0 Å². The molecule has 28 heavy (non-hydrogen) atoms. The first-order chi connectivity index (χ1) is 13.3. The highest BCUT2D eigenvalue weighted by Crippen LogP contribution is 2.29. The molecule has 3 rings (SSSR count). The lowest BCUT2D eigenvalue weighted by Gasteiger charge is -2.30. The predicted octanol–water partition coefficient (Wildman–Crippen LogP) is 3.90. The van der Waals surface area contributed by atoms with Gasteiger partial charge in [0.15, 0.2) is 0 Å². The lowest BCUT2D eigenvalue weighted by molar-refractivity contribution is -0.130. The number of aryl methyl sites for hydroxylation is 1. The van der Waals surface area contributed by atoms with Gasteiger partial charge in [-0.3, -0.25) is 9.10 Å². The smallest absolute Gasteiger partial charge is 0.264 e. The first kappa shape index (κ1) is 20.4. The van der Waals surface area contributed by atoms with E-state index in [1.165, 1.54) is 4.31 Å². The molecule has 1 amide bonds. The van der Waals surface area contributed by atoms with Crippen LogP contribution in [0.5, 0.6) is 0 Å². The quantitative estimate of drug-likeness (QED) is 0.739. The van der Waals surface area contributed by atoms with Crippen molar-refractivity contribution in [3.8, 4) is 0 Å². The van der Waals surface area contributed by atoms with Crippen LogP contribution in [0, 0.1) is 13.8 Å². The van der Waals surface area contributed by atoms with Crippen LogP contribution in [-0.4, -0.2) is 38.9 Å². The average Bonchev–Trinajstić information content (AvgIpc) is 3.23. The van der Waals surface area contributed by atoms with Gasteiger partial charge in [0.25, 0.3) is 10.0 Å². The molecule has 6 heteroatoms. The topological polar surface area (TPSA) is 57.7 Å². The number of hydrogen-bond acceptors (Lipinski definition) is 3. The zero-order chi connectivity index (χ0) is 20.3. The number of nitrogens with zero attached hydrogens (tertiary/aromatic N) is 2. The molecule has 0 aromatic heterocycles. The van der Waals surface area contributed by atoms with E-state index in [1.54, 1.807) is 48.3 Å². The fourth-order valence-electron chi connectivity index (χ4n) is 3.75. The van der Waals surface area contributed by atoms with Gasteiger partial charge in [0.2, 0.25) is 5.91 Å². The Labute approximate surface area is 168 Å². The van der Waals surface area contributed by atoms with E-state index in [1.807, 2.05) is 26.0 Å². The van der Waals surface area contributed by atoms with Crippen molar-refractivity contribution in [2.75, 3.05) is 17.9 Å². The van der Waals surface area contributed by atoms with Crippen LogP contribution in [0.4, 0.5) is 5.69 Å². The Morgan fingerprint density at radius 2 is 1.64 bits per heavy atom. The molecule has 1 aliphatic carbocycles. The minimum Gasteiger partial charge on any atom is -0.341 e. The number of carbonyl (C=O) groups is 1. The molecule has 150 valence electrons. The number of carbonyl (C=O) groups excluding carboxylic acids is 1. The van der Waals surface area contributed by atoms with Gasteiger partial charge in [-0.1, -0.05) is 43.2 Å². The second kappa shape index (κ2) is 8.35. The minimum absolute atomic E-state index is 0.174. The zero-order valence-electron chi connectivity index (χ0n) is 16.8. The van der Waals surface area contributed by atoms with Crippen molar-refractivity contribution in [2.45, 2.75) is 50.5 Å². The van der Waals surface area contributed by atoms with Crippen LogP contribution in [0.3, 0.4) is 0 Å². The Kier molecular flexibility index (Phi) is 6.08. The first-order valence-electron chi connectivity index (χ1n) is 9.72. The van der Waals surface area contributed by atoms with Crippen molar-refractivity contribution in [3.63, 3.8) is 0 Å². The second-order valence-corrected chi connectivity index (χ2v) is 9.35. The molecule has 0 spiro atoms. The van der Waals surface area contributed by atoms with Crippen LogP contribution in [0.25, 0.3) is 0 Å². The largest absolute Gasteiger partial charge is 0.341 e. The molecule has 2 aromatic carbocycles. The Hall–Kier alpha value is -2.34. The van der Waals surface area contributed by atoms with Gasteiger partial charge in [0, 0.05) is 13.1 Å². The van der Waals surface area contributed by atoms with Crippen molar-refractivity contribution in [1.82, 2.24) is 4.90 Å². The molecule has 5 nitrogen and oxygen atoms in total. The maximum absolute atomic E-state index is 13.4. The van der Waals surface area contributed by atoms with Crippen molar-refractivity contribution in [3.05, 3.63) is 59.7 Å². The van der Waals surface area contributed by atoms with Gasteiger partial charge < -0.3 is 4.90 Å². The van der Waals surface area contributed by atoms with Crippen molar-refractivity contribution >= 4 is 21.6 Å². The van der Waals surface area contributed by atoms with Gasteiger partial charge >= 0.3 is 0 Å². The standard InChI is InChI=1S/C22H28N2O3S/c1-17-10-9-15-21(18(17)2)24(28(26,27)20-13-5-4-6-14-20)16-22(25)23(3)19-11-7-8-12-19/h4-6,9-10,13-15,19H,7-8,11-12,16H2,1-3H3. The molecule has 0 N–H and O–H groups in total. The number of hydrogen-bond donors (Lipinski definition) is 0. The lowest BCUT2D eigenvalue weighted by Crippen LogP contribution is -2.44. The third-order valence-corrected chi connectivity index (χ3v) is 7.49. The van der Waals surface area contributed by atoms with Gasteiger partial charge in [-0.05, 0) is 56.0 Å². The predicted molar refractivity (Wildman–Crippen MR) is 112 cm³/mol. The van der Waals surface area contributed by atoms with Crippen LogP contribution in [0.1, 0.15) is 36.8 Å². The molecule has 0 unspecified atom stereocenters. The number of amides is 1. The normalized spacial score (nSPS) is 14.8. The summed E-state index contributed by atoms with van der Waals surface area (Å²) in [6.07, 6.45) is 4.20. The van der Waals surface area contributed by atoms with Crippen LogP contribution in [0.2, 0.25) is 0 Å². The number of sulfonamides is 1. The fourth-order valence-corrected chi connectivity index (χ4v) is 5.25. The van der Waals surface area contributed by atoms with Crippen LogP contribution < -0.4 is 4.31 Å². The summed E-state index contributed by atoms with van der Waals surface area (Å²) >= 11 is 0. The van der Waals surface area contributed by atoms with E-state index in [-0.39, 0.29) is 23.4 Å². The molecule has 0 heterocycles. The number of likely N-dealkylation sites (N-methyl/N-ethyl adjacent to an activating group) is 1. The molecule has 0 bridgehead atoms. The number of rotatable bonds is 6. The van der Waals surface area contributed by atoms with Crippen LogP contribution in [0.15, 0.2) is 53.4 Å². The zero-order valence-corrected chi connectivity index (χ0v) is 17.6. The van der Waals surface area contributed by atoms with E-state index in [4.69, 9.17) is 0 Å². The highest BCUT2D eigenvalue weighted by atomic mass is 32.2. The average molecular weight is 401 g/mol. The van der Waals surface area contributed by atoms with E-state index in [2.05, 4.69) is 0 Å². The summed E-state index contributed by atoms with van der Waals surface area (Å²) < 4.78 is 28.1. The van der Waals surface area contributed by atoms with Crippen LogP contribution >= 0.6 is 0 Å². The Morgan fingerprint density at radius 1 is 1.00 bits per heavy atom. The van der Waals surface area contributed by atoms with Gasteiger partial charge in [-0.2, -0.15) is 0 Å². The third-order valence-electron chi connectivity index (χ3n) is 5.72. The van der Waals surface area contributed by atoms with Gasteiger partial charge in [-0.15, -0.1) is 0 Å². The molecule has 0 radical (unpaired) electrons.